The van der Waals surface area contributed by atoms with Crippen molar-refractivity contribution in [2.24, 2.45) is 0 Å². The molecule has 4 heteroatoms. The molecule has 0 aliphatic carbocycles. The Kier molecular flexibility index (Phi) is 5.16. The summed E-state index contributed by atoms with van der Waals surface area (Å²) in [7, 11) is 1.70. The topological polar surface area (TPSA) is 36.3 Å². The third-order valence-corrected chi connectivity index (χ3v) is 4.19. The highest BCUT2D eigenvalue weighted by Gasteiger charge is 2.10. The third-order valence-electron chi connectivity index (χ3n) is 4.19. The highest BCUT2D eigenvalue weighted by molar-refractivity contribution is 5.75. The Morgan fingerprint density at radius 1 is 1.00 bits per heavy atom. The van der Waals surface area contributed by atoms with Gasteiger partial charge in [0.15, 0.2) is 0 Å². The summed E-state index contributed by atoms with van der Waals surface area (Å²) in [5.41, 5.74) is 4.53. The predicted octanol–water partition coefficient (Wildman–Crippen LogP) is 4.27. The van der Waals surface area contributed by atoms with Crippen LogP contribution in [0.25, 0.3) is 11.0 Å². The van der Waals surface area contributed by atoms with Crippen molar-refractivity contribution in [3.8, 4) is 5.75 Å². The van der Waals surface area contributed by atoms with Crippen LogP contribution in [-0.2, 0) is 17.9 Å². The molecular weight excluding hydrogens is 300 g/mol. The molecule has 0 amide bonds. The summed E-state index contributed by atoms with van der Waals surface area (Å²) >= 11 is 0. The minimum absolute atomic E-state index is 0.520. The van der Waals surface area contributed by atoms with Gasteiger partial charge in [-0.25, -0.2) is 4.98 Å². The number of hydrogen-bond acceptors (Lipinski definition) is 3. The summed E-state index contributed by atoms with van der Waals surface area (Å²) in [6.45, 7) is 6.24. The van der Waals surface area contributed by atoms with Gasteiger partial charge in [-0.3, -0.25) is 0 Å². The highest BCUT2D eigenvalue weighted by atomic mass is 16.5. The lowest BCUT2D eigenvalue weighted by Gasteiger charge is -2.13. The maximum absolute atomic E-state index is 6.01. The van der Waals surface area contributed by atoms with Gasteiger partial charge in [0.05, 0.1) is 17.6 Å². The molecule has 0 aliphatic heterocycles. The number of rotatable bonds is 7. The lowest BCUT2D eigenvalue weighted by atomic mass is 10.1. The Morgan fingerprint density at radius 3 is 2.50 bits per heavy atom. The second kappa shape index (κ2) is 7.49. The number of benzene rings is 2. The number of aryl methyl sites for hydroxylation is 3. The number of nitrogens with zero attached hydrogens (tertiary/aromatic N) is 2. The van der Waals surface area contributed by atoms with E-state index in [2.05, 4.69) is 47.7 Å². The first-order valence-corrected chi connectivity index (χ1v) is 8.33. The fourth-order valence-corrected chi connectivity index (χ4v) is 3.04. The summed E-state index contributed by atoms with van der Waals surface area (Å²) in [4.78, 5) is 4.66. The Balaban J connectivity index is 1.68. The molecule has 0 spiro atoms. The van der Waals surface area contributed by atoms with Crippen LogP contribution in [0.3, 0.4) is 0 Å². The van der Waals surface area contributed by atoms with Gasteiger partial charge in [-0.05, 0) is 43.5 Å². The zero-order chi connectivity index (χ0) is 16.9. The molecule has 0 aliphatic rings. The van der Waals surface area contributed by atoms with Crippen molar-refractivity contribution < 1.29 is 9.47 Å². The standard InChI is InChI=1S/C20H24N2O2/c1-15-8-6-9-16(2)20(15)24-13-7-12-22-18-11-5-4-10-17(18)21-19(22)14-23-3/h4-6,8-11H,7,12-14H2,1-3H3. The van der Waals surface area contributed by atoms with Gasteiger partial charge in [-0.1, -0.05) is 30.3 Å². The molecule has 126 valence electrons. The molecule has 1 heterocycles. The molecule has 0 saturated carbocycles. The molecule has 0 unspecified atom stereocenters. The van der Waals surface area contributed by atoms with Crippen molar-refractivity contribution >= 4 is 11.0 Å². The lowest BCUT2D eigenvalue weighted by Crippen LogP contribution is -2.09. The van der Waals surface area contributed by atoms with E-state index in [1.807, 2.05) is 18.2 Å². The molecule has 0 radical (unpaired) electrons. The number of fused-ring (bicyclic) bond motifs is 1. The third kappa shape index (κ3) is 3.44. The second-order valence-corrected chi connectivity index (χ2v) is 6.02. The van der Waals surface area contributed by atoms with Crippen LogP contribution in [-0.4, -0.2) is 23.3 Å². The zero-order valence-corrected chi connectivity index (χ0v) is 14.6. The molecule has 0 N–H and O–H groups in total. The van der Waals surface area contributed by atoms with Crippen molar-refractivity contribution in [2.75, 3.05) is 13.7 Å². The van der Waals surface area contributed by atoms with Gasteiger partial charge in [0, 0.05) is 13.7 Å². The van der Waals surface area contributed by atoms with Crippen LogP contribution < -0.4 is 4.74 Å². The number of methoxy groups -OCH3 is 1. The number of aromatic nitrogens is 2. The summed E-state index contributed by atoms with van der Waals surface area (Å²) in [5, 5.41) is 0. The Bertz CT molecular complexity index is 803. The minimum atomic E-state index is 0.520. The van der Waals surface area contributed by atoms with Crippen LogP contribution in [0.2, 0.25) is 0 Å². The number of hydrogen-bond donors (Lipinski definition) is 0. The van der Waals surface area contributed by atoms with E-state index in [9.17, 15) is 0 Å². The van der Waals surface area contributed by atoms with Crippen molar-refractivity contribution in [1.82, 2.24) is 9.55 Å². The molecule has 0 saturated heterocycles. The van der Waals surface area contributed by atoms with E-state index in [1.165, 1.54) is 11.1 Å². The van der Waals surface area contributed by atoms with Crippen LogP contribution in [0, 0.1) is 13.8 Å². The van der Waals surface area contributed by atoms with Crippen LogP contribution in [0.1, 0.15) is 23.4 Å². The van der Waals surface area contributed by atoms with E-state index < -0.39 is 0 Å². The molecule has 2 aromatic carbocycles. The molecule has 0 atom stereocenters. The molecule has 0 bridgehead atoms. The summed E-state index contributed by atoms with van der Waals surface area (Å²) in [5.74, 6) is 1.97. The largest absolute Gasteiger partial charge is 0.493 e. The normalized spacial score (nSPS) is 11.1. The first kappa shape index (κ1) is 16.5. The first-order chi connectivity index (χ1) is 11.7. The van der Waals surface area contributed by atoms with Gasteiger partial charge in [-0.15, -0.1) is 0 Å². The molecule has 3 rings (SSSR count). The highest BCUT2D eigenvalue weighted by Crippen LogP contribution is 2.23. The summed E-state index contributed by atoms with van der Waals surface area (Å²) < 4.78 is 13.5. The van der Waals surface area contributed by atoms with E-state index in [1.54, 1.807) is 7.11 Å². The average molecular weight is 324 g/mol. The van der Waals surface area contributed by atoms with Gasteiger partial charge in [0.1, 0.15) is 18.2 Å². The van der Waals surface area contributed by atoms with Gasteiger partial charge < -0.3 is 14.0 Å². The maximum Gasteiger partial charge on any atom is 0.135 e. The first-order valence-electron chi connectivity index (χ1n) is 8.33. The molecule has 1 aromatic heterocycles. The Labute approximate surface area is 143 Å². The van der Waals surface area contributed by atoms with Crippen LogP contribution in [0.15, 0.2) is 42.5 Å². The lowest BCUT2D eigenvalue weighted by molar-refractivity contribution is 0.174. The van der Waals surface area contributed by atoms with E-state index in [-0.39, 0.29) is 0 Å². The fourth-order valence-electron chi connectivity index (χ4n) is 3.04. The number of para-hydroxylation sites is 3. The Hall–Kier alpha value is -2.33. The monoisotopic (exact) mass is 324 g/mol. The molecular formula is C20H24N2O2. The number of ether oxygens (including phenoxy) is 2. The SMILES string of the molecule is COCc1nc2ccccc2n1CCCOc1c(C)cccc1C. The minimum Gasteiger partial charge on any atom is -0.493 e. The van der Waals surface area contributed by atoms with Crippen molar-refractivity contribution in [2.45, 2.75) is 33.4 Å². The van der Waals surface area contributed by atoms with Gasteiger partial charge in [0.25, 0.3) is 0 Å². The molecule has 24 heavy (non-hydrogen) atoms. The van der Waals surface area contributed by atoms with Crippen molar-refractivity contribution in [3.63, 3.8) is 0 Å². The maximum atomic E-state index is 6.01. The number of imidazole rings is 1. The van der Waals surface area contributed by atoms with Gasteiger partial charge >= 0.3 is 0 Å². The quantitative estimate of drug-likeness (QED) is 0.609. The van der Waals surface area contributed by atoms with Crippen LogP contribution in [0.5, 0.6) is 5.75 Å². The fraction of sp³-hybridized carbons (Fsp3) is 0.350. The predicted molar refractivity (Wildman–Crippen MR) is 96.5 cm³/mol. The Morgan fingerprint density at radius 2 is 1.75 bits per heavy atom. The van der Waals surface area contributed by atoms with Crippen molar-refractivity contribution in [3.05, 3.63) is 59.4 Å². The average Bonchev–Trinajstić information content (AvgIpc) is 2.92. The zero-order valence-electron chi connectivity index (χ0n) is 14.6. The molecule has 4 nitrogen and oxygen atoms in total. The molecule has 0 fully saturated rings. The smallest absolute Gasteiger partial charge is 0.135 e. The van der Waals surface area contributed by atoms with E-state index in [0.717, 1.165) is 35.6 Å². The molecule has 3 aromatic rings. The van der Waals surface area contributed by atoms with E-state index in [4.69, 9.17) is 9.47 Å². The van der Waals surface area contributed by atoms with E-state index in [0.29, 0.717) is 13.2 Å². The van der Waals surface area contributed by atoms with Crippen molar-refractivity contribution in [1.29, 1.82) is 0 Å². The van der Waals surface area contributed by atoms with Crippen LogP contribution in [0.4, 0.5) is 0 Å². The van der Waals surface area contributed by atoms with Crippen LogP contribution >= 0.6 is 0 Å². The van der Waals surface area contributed by atoms with Gasteiger partial charge in [-0.2, -0.15) is 0 Å². The summed E-state index contributed by atoms with van der Waals surface area (Å²) in [6.07, 6.45) is 0.921. The summed E-state index contributed by atoms with van der Waals surface area (Å²) in [6, 6.07) is 14.4. The second-order valence-electron chi connectivity index (χ2n) is 6.02. The van der Waals surface area contributed by atoms with Gasteiger partial charge in [0.2, 0.25) is 0 Å². The van der Waals surface area contributed by atoms with E-state index >= 15 is 0 Å².